The third-order valence-corrected chi connectivity index (χ3v) is 6.44. The van der Waals surface area contributed by atoms with Gasteiger partial charge in [0.2, 0.25) is 10.0 Å². The number of amides is 1. The maximum Gasteiger partial charge on any atom is 0.416 e. The molecule has 0 atom stereocenters. The zero-order valence-corrected chi connectivity index (χ0v) is 17.4. The summed E-state index contributed by atoms with van der Waals surface area (Å²) in [7, 11) is -3.64. The Morgan fingerprint density at radius 3 is 2.35 bits per heavy atom. The molecule has 0 heterocycles. The Labute approximate surface area is 178 Å². The topological polar surface area (TPSA) is 84.5 Å². The molecule has 31 heavy (non-hydrogen) atoms. The first kappa shape index (κ1) is 23.1. The van der Waals surface area contributed by atoms with Crippen LogP contribution in [0.1, 0.15) is 37.7 Å². The molecule has 0 aliphatic heterocycles. The highest BCUT2D eigenvalue weighted by atomic mass is 32.2. The number of hydrogen-bond acceptors (Lipinski definition) is 4. The molecule has 0 bridgehead atoms. The smallest absolute Gasteiger partial charge is 0.416 e. The third-order valence-electron chi connectivity index (χ3n) is 4.90. The molecule has 0 spiro atoms. The van der Waals surface area contributed by atoms with Crippen molar-refractivity contribution >= 4 is 21.6 Å². The van der Waals surface area contributed by atoms with E-state index < -0.39 is 34.3 Å². The zero-order chi connectivity index (χ0) is 22.5. The van der Waals surface area contributed by atoms with Crippen molar-refractivity contribution in [3.8, 4) is 5.75 Å². The van der Waals surface area contributed by atoms with Crippen molar-refractivity contribution in [2.45, 2.75) is 49.2 Å². The van der Waals surface area contributed by atoms with E-state index >= 15 is 0 Å². The summed E-state index contributed by atoms with van der Waals surface area (Å²) >= 11 is 0. The molecule has 2 aromatic rings. The number of carbonyl (C=O) groups excluding carboxylic acids is 1. The van der Waals surface area contributed by atoms with E-state index in [-0.39, 0.29) is 22.4 Å². The van der Waals surface area contributed by atoms with Crippen LogP contribution in [0.3, 0.4) is 0 Å². The normalized spacial score (nSPS) is 15.5. The predicted octanol–water partition coefficient (Wildman–Crippen LogP) is 4.33. The second-order valence-corrected chi connectivity index (χ2v) is 9.06. The molecular weight excluding hydrogens is 433 g/mol. The molecule has 1 aliphatic carbocycles. The minimum absolute atomic E-state index is 0.00125. The average Bonchev–Trinajstić information content (AvgIpc) is 2.72. The standard InChI is InChI=1S/C21H23F3N2O4S/c22-21(23,24)15-5-4-8-17(13-15)25-20(27)14-30-18-9-11-19(12-10-18)31(28,29)26-16-6-2-1-3-7-16/h4-5,8-13,16,26H,1-3,6-7,14H2,(H,25,27). The Bertz CT molecular complexity index is 1000. The molecule has 6 nitrogen and oxygen atoms in total. The molecule has 2 aromatic carbocycles. The van der Waals surface area contributed by atoms with Crippen LogP contribution in [0.25, 0.3) is 0 Å². The Balaban J connectivity index is 1.53. The number of nitrogens with one attached hydrogen (secondary N) is 2. The molecule has 1 fully saturated rings. The van der Waals surface area contributed by atoms with Crippen molar-refractivity contribution < 1.29 is 31.1 Å². The molecule has 0 aromatic heterocycles. The number of halogens is 3. The van der Waals surface area contributed by atoms with Gasteiger partial charge in [0.05, 0.1) is 10.5 Å². The van der Waals surface area contributed by atoms with Crippen molar-refractivity contribution in [1.29, 1.82) is 0 Å². The average molecular weight is 456 g/mol. The van der Waals surface area contributed by atoms with Crippen LogP contribution in [0.2, 0.25) is 0 Å². The van der Waals surface area contributed by atoms with E-state index in [4.69, 9.17) is 4.74 Å². The lowest BCUT2D eigenvalue weighted by molar-refractivity contribution is -0.137. The molecule has 168 valence electrons. The number of carbonyl (C=O) groups is 1. The van der Waals surface area contributed by atoms with Gasteiger partial charge in [0.25, 0.3) is 5.91 Å². The molecular formula is C21H23F3N2O4S. The Morgan fingerprint density at radius 2 is 1.71 bits per heavy atom. The summed E-state index contributed by atoms with van der Waals surface area (Å²) in [5.74, 6) is -0.384. The number of benzene rings is 2. The van der Waals surface area contributed by atoms with Crippen molar-refractivity contribution in [3.05, 3.63) is 54.1 Å². The van der Waals surface area contributed by atoms with Crippen molar-refractivity contribution in [1.82, 2.24) is 4.72 Å². The third kappa shape index (κ3) is 6.70. The summed E-state index contributed by atoms with van der Waals surface area (Å²) < 4.78 is 71.2. The van der Waals surface area contributed by atoms with Gasteiger partial charge >= 0.3 is 6.18 Å². The van der Waals surface area contributed by atoms with Crippen molar-refractivity contribution in [2.75, 3.05) is 11.9 Å². The largest absolute Gasteiger partial charge is 0.484 e. The van der Waals surface area contributed by atoms with Crippen LogP contribution >= 0.6 is 0 Å². The summed E-state index contributed by atoms with van der Waals surface area (Å²) in [4.78, 5) is 12.1. The van der Waals surface area contributed by atoms with Crippen LogP contribution < -0.4 is 14.8 Å². The van der Waals surface area contributed by atoms with Crippen molar-refractivity contribution in [2.24, 2.45) is 0 Å². The van der Waals surface area contributed by atoms with Gasteiger partial charge in [0.15, 0.2) is 6.61 Å². The molecule has 2 N–H and O–H groups in total. The highest BCUT2D eigenvalue weighted by molar-refractivity contribution is 7.89. The van der Waals surface area contributed by atoms with Gasteiger partial charge in [-0.25, -0.2) is 13.1 Å². The van der Waals surface area contributed by atoms with E-state index in [9.17, 15) is 26.4 Å². The van der Waals surface area contributed by atoms with Crippen molar-refractivity contribution in [3.63, 3.8) is 0 Å². The first-order chi connectivity index (χ1) is 14.6. The highest BCUT2D eigenvalue weighted by Crippen LogP contribution is 2.30. The number of sulfonamides is 1. The monoisotopic (exact) mass is 456 g/mol. The Morgan fingerprint density at radius 1 is 1.03 bits per heavy atom. The maximum absolute atomic E-state index is 12.7. The van der Waals surface area contributed by atoms with Crippen LogP contribution in [0, 0.1) is 0 Å². The number of anilines is 1. The lowest BCUT2D eigenvalue weighted by atomic mass is 9.96. The summed E-state index contributed by atoms with van der Waals surface area (Å²) in [6.07, 6.45) is 0.255. The lowest BCUT2D eigenvalue weighted by Crippen LogP contribution is -2.36. The van der Waals surface area contributed by atoms with E-state index in [2.05, 4.69) is 10.0 Å². The van der Waals surface area contributed by atoms with Gasteiger partial charge in [-0.2, -0.15) is 13.2 Å². The van der Waals surface area contributed by atoms with Gasteiger partial charge in [0, 0.05) is 11.7 Å². The van der Waals surface area contributed by atoms with Gasteiger partial charge < -0.3 is 10.1 Å². The molecule has 3 rings (SSSR count). The Hall–Kier alpha value is -2.59. The molecule has 0 unspecified atom stereocenters. The fraction of sp³-hybridized carbons (Fsp3) is 0.381. The van der Waals surface area contributed by atoms with Crippen LogP contribution in [-0.4, -0.2) is 27.0 Å². The predicted molar refractivity (Wildman–Crippen MR) is 109 cm³/mol. The van der Waals surface area contributed by atoms with Gasteiger partial charge in [-0.1, -0.05) is 25.3 Å². The molecule has 10 heteroatoms. The van der Waals surface area contributed by atoms with Gasteiger partial charge in [-0.05, 0) is 55.3 Å². The first-order valence-electron chi connectivity index (χ1n) is 9.86. The second-order valence-electron chi connectivity index (χ2n) is 7.34. The minimum atomic E-state index is -4.51. The molecule has 1 amide bonds. The molecule has 1 aliphatic rings. The maximum atomic E-state index is 12.7. The molecule has 1 saturated carbocycles. The SMILES string of the molecule is O=C(COc1ccc(S(=O)(=O)NC2CCCCC2)cc1)Nc1cccc(C(F)(F)F)c1. The van der Waals surface area contributed by atoms with Crippen LogP contribution in [0.5, 0.6) is 5.75 Å². The minimum Gasteiger partial charge on any atom is -0.484 e. The first-order valence-corrected chi connectivity index (χ1v) is 11.3. The van der Waals surface area contributed by atoms with E-state index in [0.29, 0.717) is 0 Å². The summed E-state index contributed by atoms with van der Waals surface area (Å²) in [5.41, 5.74) is -0.872. The highest BCUT2D eigenvalue weighted by Gasteiger charge is 2.30. The fourth-order valence-electron chi connectivity index (χ4n) is 3.34. The van der Waals surface area contributed by atoms with Gasteiger partial charge in [-0.15, -0.1) is 0 Å². The number of alkyl halides is 3. The molecule has 0 saturated heterocycles. The van der Waals surface area contributed by atoms with E-state index in [1.54, 1.807) is 0 Å². The van der Waals surface area contributed by atoms with Gasteiger partial charge in [0.1, 0.15) is 5.75 Å². The second kappa shape index (κ2) is 9.69. The zero-order valence-electron chi connectivity index (χ0n) is 16.6. The van der Waals surface area contributed by atoms with Gasteiger partial charge in [-0.3, -0.25) is 4.79 Å². The van der Waals surface area contributed by atoms with Crippen LogP contribution in [-0.2, 0) is 21.0 Å². The fourth-order valence-corrected chi connectivity index (χ4v) is 4.65. The lowest BCUT2D eigenvalue weighted by Gasteiger charge is -2.22. The van der Waals surface area contributed by atoms with Crippen LogP contribution in [0.15, 0.2) is 53.4 Å². The molecule has 0 radical (unpaired) electrons. The van der Waals surface area contributed by atoms with Crippen LogP contribution in [0.4, 0.5) is 18.9 Å². The number of ether oxygens (including phenoxy) is 1. The Kier molecular flexibility index (Phi) is 7.22. The summed E-state index contributed by atoms with van der Waals surface area (Å²) in [6.45, 7) is -0.442. The van der Waals surface area contributed by atoms with E-state index in [0.717, 1.165) is 44.2 Å². The number of rotatable bonds is 7. The quantitative estimate of drug-likeness (QED) is 0.650. The van der Waals surface area contributed by atoms with E-state index in [1.807, 2.05) is 0 Å². The number of hydrogen-bond donors (Lipinski definition) is 2. The summed E-state index contributed by atoms with van der Waals surface area (Å²) in [6, 6.07) is 9.82. The van der Waals surface area contributed by atoms with E-state index in [1.165, 1.54) is 36.4 Å². The summed E-state index contributed by atoms with van der Waals surface area (Å²) in [5, 5.41) is 2.34.